The van der Waals surface area contributed by atoms with Crippen LogP contribution in [0, 0.1) is 19.8 Å². The van der Waals surface area contributed by atoms with Crippen LogP contribution < -0.4 is 10.6 Å². The van der Waals surface area contributed by atoms with Crippen molar-refractivity contribution in [2.75, 3.05) is 11.9 Å². The third kappa shape index (κ3) is 2.79. The van der Waals surface area contributed by atoms with Crippen LogP contribution in [0.3, 0.4) is 0 Å². The highest BCUT2D eigenvalue weighted by molar-refractivity contribution is 6.03. The molecule has 6 heteroatoms. The number of aryl methyl sites for hydroxylation is 2. The molecule has 1 aromatic carbocycles. The first kappa shape index (κ1) is 14.0. The van der Waals surface area contributed by atoms with Gasteiger partial charge in [0.25, 0.3) is 0 Å². The number of hydrogen-bond acceptors (Lipinski definition) is 3. The summed E-state index contributed by atoms with van der Waals surface area (Å²) in [5.41, 5.74) is 1.87. The Balaban J connectivity index is 2.26. The number of amides is 2. The SMILES string of the molecule is Cc1cc(C)c(NC(=O)C2CNC(=O)C2)c(C(=O)O)c1. The molecule has 106 valence electrons. The fourth-order valence-corrected chi connectivity index (χ4v) is 2.32. The second-order valence-corrected chi connectivity index (χ2v) is 5.00. The van der Waals surface area contributed by atoms with E-state index in [4.69, 9.17) is 0 Å². The second kappa shape index (κ2) is 5.32. The van der Waals surface area contributed by atoms with E-state index in [0.29, 0.717) is 11.3 Å². The van der Waals surface area contributed by atoms with E-state index in [1.807, 2.05) is 0 Å². The lowest BCUT2D eigenvalue weighted by Gasteiger charge is -2.15. The Labute approximate surface area is 116 Å². The molecular formula is C14H16N2O4. The topological polar surface area (TPSA) is 95.5 Å². The third-order valence-electron chi connectivity index (χ3n) is 3.31. The maximum Gasteiger partial charge on any atom is 0.337 e. The summed E-state index contributed by atoms with van der Waals surface area (Å²) in [6, 6.07) is 3.32. The van der Waals surface area contributed by atoms with Crippen molar-refractivity contribution in [2.24, 2.45) is 5.92 Å². The standard InChI is InChI=1S/C14H16N2O4/c1-7-3-8(2)12(10(4-7)14(19)20)16-13(18)9-5-11(17)15-6-9/h3-4,9H,5-6H2,1-2H3,(H,15,17)(H,16,18)(H,19,20). The van der Waals surface area contributed by atoms with Gasteiger partial charge in [0.1, 0.15) is 0 Å². The Morgan fingerprint density at radius 2 is 2.05 bits per heavy atom. The van der Waals surface area contributed by atoms with Crippen molar-refractivity contribution < 1.29 is 19.5 Å². The molecule has 0 aliphatic carbocycles. The number of benzene rings is 1. The number of carbonyl (C=O) groups is 3. The zero-order chi connectivity index (χ0) is 14.9. The summed E-state index contributed by atoms with van der Waals surface area (Å²) in [4.78, 5) is 34.5. The number of aromatic carboxylic acids is 1. The normalized spacial score (nSPS) is 17.7. The van der Waals surface area contributed by atoms with Crippen LogP contribution in [0.5, 0.6) is 0 Å². The molecule has 0 radical (unpaired) electrons. The van der Waals surface area contributed by atoms with Gasteiger partial charge in [-0.1, -0.05) is 6.07 Å². The van der Waals surface area contributed by atoms with Gasteiger partial charge in [-0.05, 0) is 31.0 Å². The molecule has 1 aliphatic heterocycles. The van der Waals surface area contributed by atoms with Crippen LogP contribution in [-0.2, 0) is 9.59 Å². The number of carboxylic acid groups (broad SMARTS) is 1. The maximum atomic E-state index is 12.1. The van der Waals surface area contributed by atoms with Gasteiger partial charge in [-0.3, -0.25) is 9.59 Å². The summed E-state index contributed by atoms with van der Waals surface area (Å²) in [5, 5.41) is 14.4. The number of rotatable bonds is 3. The average Bonchev–Trinajstić information content (AvgIpc) is 2.78. The molecule has 3 N–H and O–H groups in total. The summed E-state index contributed by atoms with van der Waals surface area (Å²) in [6.07, 6.45) is 0.138. The number of carboxylic acids is 1. The molecule has 0 spiro atoms. The van der Waals surface area contributed by atoms with Crippen LogP contribution in [0.15, 0.2) is 12.1 Å². The van der Waals surface area contributed by atoms with Crippen LogP contribution in [0.1, 0.15) is 27.9 Å². The van der Waals surface area contributed by atoms with Crippen molar-refractivity contribution in [3.05, 3.63) is 28.8 Å². The number of nitrogens with one attached hydrogen (secondary N) is 2. The lowest BCUT2D eigenvalue weighted by Crippen LogP contribution is -2.26. The first-order valence-corrected chi connectivity index (χ1v) is 6.30. The van der Waals surface area contributed by atoms with Crippen LogP contribution in [0.2, 0.25) is 0 Å². The minimum atomic E-state index is -1.09. The largest absolute Gasteiger partial charge is 0.478 e. The lowest BCUT2D eigenvalue weighted by atomic mass is 10.0. The van der Waals surface area contributed by atoms with Gasteiger partial charge in [0.2, 0.25) is 11.8 Å². The molecule has 1 heterocycles. The second-order valence-electron chi connectivity index (χ2n) is 5.00. The van der Waals surface area contributed by atoms with E-state index in [1.54, 1.807) is 19.9 Å². The van der Waals surface area contributed by atoms with Gasteiger partial charge in [-0.15, -0.1) is 0 Å². The van der Waals surface area contributed by atoms with Crippen molar-refractivity contribution in [1.82, 2.24) is 5.32 Å². The first-order chi connectivity index (χ1) is 9.38. The van der Waals surface area contributed by atoms with Crippen molar-refractivity contribution in [3.63, 3.8) is 0 Å². The lowest BCUT2D eigenvalue weighted by molar-refractivity contribution is -0.123. The minimum absolute atomic E-state index is 0.0631. The van der Waals surface area contributed by atoms with Gasteiger partial charge in [-0.2, -0.15) is 0 Å². The molecule has 0 saturated carbocycles. The van der Waals surface area contributed by atoms with Gasteiger partial charge >= 0.3 is 5.97 Å². The molecule has 2 amide bonds. The van der Waals surface area contributed by atoms with E-state index >= 15 is 0 Å². The van der Waals surface area contributed by atoms with Gasteiger partial charge in [-0.25, -0.2) is 4.79 Å². The van der Waals surface area contributed by atoms with Crippen molar-refractivity contribution in [3.8, 4) is 0 Å². The molecule has 6 nitrogen and oxygen atoms in total. The van der Waals surface area contributed by atoms with Crippen LogP contribution in [0.25, 0.3) is 0 Å². The summed E-state index contributed by atoms with van der Waals surface area (Å²) in [5.74, 6) is -2.04. The summed E-state index contributed by atoms with van der Waals surface area (Å²) in [6.45, 7) is 3.83. The van der Waals surface area contributed by atoms with Crippen molar-refractivity contribution in [2.45, 2.75) is 20.3 Å². The Hall–Kier alpha value is -2.37. The minimum Gasteiger partial charge on any atom is -0.478 e. The molecule has 1 aliphatic rings. The van der Waals surface area contributed by atoms with E-state index in [2.05, 4.69) is 10.6 Å². The summed E-state index contributed by atoms with van der Waals surface area (Å²) in [7, 11) is 0. The Bertz CT molecular complexity index is 595. The first-order valence-electron chi connectivity index (χ1n) is 6.30. The van der Waals surface area contributed by atoms with Crippen LogP contribution in [-0.4, -0.2) is 29.4 Å². The van der Waals surface area contributed by atoms with Gasteiger partial charge < -0.3 is 15.7 Å². The van der Waals surface area contributed by atoms with Gasteiger partial charge in [0.15, 0.2) is 0 Å². The molecule has 1 saturated heterocycles. The molecule has 1 unspecified atom stereocenters. The fourth-order valence-electron chi connectivity index (χ4n) is 2.32. The zero-order valence-corrected chi connectivity index (χ0v) is 11.3. The average molecular weight is 276 g/mol. The summed E-state index contributed by atoms with van der Waals surface area (Å²) >= 11 is 0. The third-order valence-corrected chi connectivity index (χ3v) is 3.31. The van der Waals surface area contributed by atoms with Crippen molar-refractivity contribution in [1.29, 1.82) is 0 Å². The number of carbonyl (C=O) groups excluding carboxylic acids is 2. The molecule has 20 heavy (non-hydrogen) atoms. The highest BCUT2D eigenvalue weighted by Crippen LogP contribution is 2.24. The zero-order valence-electron chi connectivity index (χ0n) is 11.3. The van der Waals surface area contributed by atoms with Gasteiger partial charge in [0.05, 0.1) is 17.2 Å². The van der Waals surface area contributed by atoms with E-state index < -0.39 is 11.9 Å². The monoisotopic (exact) mass is 276 g/mol. The highest BCUT2D eigenvalue weighted by atomic mass is 16.4. The Morgan fingerprint density at radius 1 is 1.35 bits per heavy atom. The van der Waals surface area contributed by atoms with Crippen molar-refractivity contribution >= 4 is 23.5 Å². The smallest absolute Gasteiger partial charge is 0.337 e. The Morgan fingerprint density at radius 3 is 2.60 bits per heavy atom. The van der Waals surface area contributed by atoms with Crippen LogP contribution >= 0.6 is 0 Å². The number of hydrogen-bond donors (Lipinski definition) is 3. The molecule has 1 fully saturated rings. The molecule has 1 atom stereocenters. The van der Waals surface area contributed by atoms with Crippen LogP contribution in [0.4, 0.5) is 5.69 Å². The predicted octanol–water partition coefficient (Wildman–Crippen LogP) is 1.08. The molecule has 2 rings (SSSR count). The van der Waals surface area contributed by atoms with E-state index in [9.17, 15) is 19.5 Å². The molecular weight excluding hydrogens is 260 g/mol. The van der Waals surface area contributed by atoms with E-state index in [1.165, 1.54) is 6.07 Å². The molecule has 0 aromatic heterocycles. The number of anilines is 1. The molecule has 0 bridgehead atoms. The fraction of sp³-hybridized carbons (Fsp3) is 0.357. The van der Waals surface area contributed by atoms with E-state index in [0.717, 1.165) is 5.56 Å². The quantitative estimate of drug-likeness (QED) is 0.769. The van der Waals surface area contributed by atoms with E-state index in [-0.39, 0.29) is 30.3 Å². The summed E-state index contributed by atoms with van der Waals surface area (Å²) < 4.78 is 0. The molecule has 1 aromatic rings. The predicted molar refractivity (Wildman–Crippen MR) is 72.6 cm³/mol. The maximum absolute atomic E-state index is 12.1. The van der Waals surface area contributed by atoms with Gasteiger partial charge in [0, 0.05) is 13.0 Å². The Kier molecular flexibility index (Phi) is 3.74. The highest BCUT2D eigenvalue weighted by Gasteiger charge is 2.29.